The lowest BCUT2D eigenvalue weighted by Crippen LogP contribution is -2.79. The molecule has 4 aliphatic heterocycles. The van der Waals surface area contributed by atoms with Gasteiger partial charge in [0.05, 0.1) is 23.4 Å². The van der Waals surface area contributed by atoms with Gasteiger partial charge in [-0.05, 0) is 83.4 Å². The Morgan fingerprint density at radius 1 is 0.932 bits per heavy atom. The molecule has 9 aliphatic rings. The molecule has 3 saturated heterocycles. The highest BCUT2D eigenvalue weighted by molar-refractivity contribution is 5.93. The summed E-state index contributed by atoms with van der Waals surface area (Å²) in [6, 6.07) is 4.42. The van der Waals surface area contributed by atoms with Crippen LogP contribution in [0.1, 0.15) is 102 Å². The van der Waals surface area contributed by atoms with Gasteiger partial charge >= 0.3 is 0 Å². The van der Waals surface area contributed by atoms with E-state index >= 15 is 0 Å². The highest BCUT2D eigenvalue weighted by Crippen LogP contribution is 2.78. The van der Waals surface area contributed by atoms with E-state index in [1.165, 1.54) is 22.2 Å². The van der Waals surface area contributed by atoms with Crippen LogP contribution in [0.5, 0.6) is 0 Å². The summed E-state index contributed by atoms with van der Waals surface area (Å²) in [5.74, 6) is 0.241. The van der Waals surface area contributed by atoms with E-state index in [4.69, 9.17) is 18.9 Å². The van der Waals surface area contributed by atoms with Gasteiger partial charge in [-0.1, -0.05) is 32.1 Å². The summed E-state index contributed by atoms with van der Waals surface area (Å²) in [4.78, 5) is 3.95. The molecule has 7 nitrogen and oxygen atoms in total. The van der Waals surface area contributed by atoms with E-state index in [-0.39, 0.29) is 53.9 Å². The Morgan fingerprint density at radius 3 is 2.50 bits per heavy atom. The van der Waals surface area contributed by atoms with Crippen LogP contribution in [-0.2, 0) is 36.4 Å². The minimum absolute atomic E-state index is 0.00803. The van der Waals surface area contributed by atoms with Crippen LogP contribution in [0.4, 0.5) is 0 Å². The summed E-state index contributed by atoms with van der Waals surface area (Å²) in [5, 5.41) is 27.2. The number of ether oxygens (including phenoxy) is 4. The SMILES string of the molecule is C=C1Cc2ccc3[nH]c4c5c3c2C2(O)C1CC2C(C)(C)O[C@H]5[C@@H]1CC[C@@]2(O)C35OC3C3OC(C)(C)C3OC5CC[C@]2(C)[C@@]41C. The average Bonchev–Trinajstić information content (AvgIpc) is 3.51. The highest BCUT2D eigenvalue weighted by atomic mass is 16.7. The number of H-pyrrole nitrogens is 1. The summed E-state index contributed by atoms with van der Waals surface area (Å²) in [7, 11) is 0. The number of hydrogen-bond acceptors (Lipinski definition) is 6. The lowest BCUT2D eigenvalue weighted by molar-refractivity contribution is -0.345. The third-order valence-electron chi connectivity index (χ3n) is 15.7. The zero-order valence-electron chi connectivity index (χ0n) is 26.8. The van der Waals surface area contributed by atoms with Crippen molar-refractivity contribution in [1.29, 1.82) is 0 Å². The highest BCUT2D eigenvalue weighted by Gasteiger charge is 2.88. The Kier molecular flexibility index (Phi) is 4.15. The fraction of sp³-hybridized carbons (Fsp3) is 0.730. The number of epoxide rings is 1. The first-order valence-corrected chi connectivity index (χ1v) is 17.1. The Bertz CT molecular complexity index is 1760. The largest absolute Gasteiger partial charge is 0.386 e. The summed E-state index contributed by atoms with van der Waals surface area (Å²) in [6.45, 7) is 17.8. The second kappa shape index (κ2) is 6.93. The Morgan fingerprint density at radius 2 is 1.73 bits per heavy atom. The molecule has 3 saturated carbocycles. The van der Waals surface area contributed by atoms with Crippen molar-refractivity contribution in [2.24, 2.45) is 23.2 Å². The molecule has 1 aromatic carbocycles. The number of rotatable bonds is 0. The molecule has 234 valence electrons. The lowest BCUT2D eigenvalue weighted by Gasteiger charge is -2.68. The van der Waals surface area contributed by atoms with Crippen LogP contribution in [0, 0.1) is 23.2 Å². The monoisotopic (exact) mass is 599 g/mol. The predicted octanol–water partition coefficient (Wildman–Crippen LogP) is 5.25. The zero-order valence-corrected chi connectivity index (χ0v) is 26.8. The molecule has 5 heterocycles. The quantitative estimate of drug-likeness (QED) is 0.283. The normalized spacial score (nSPS) is 55.7. The van der Waals surface area contributed by atoms with Crippen molar-refractivity contribution in [2.75, 3.05) is 0 Å². The van der Waals surface area contributed by atoms with E-state index in [0.717, 1.165) is 48.8 Å². The van der Waals surface area contributed by atoms with E-state index in [2.05, 4.69) is 65.2 Å². The van der Waals surface area contributed by atoms with Crippen LogP contribution in [0.25, 0.3) is 10.9 Å². The minimum atomic E-state index is -1.08. The Balaban J connectivity index is 1.13. The molecule has 3 N–H and O–H groups in total. The van der Waals surface area contributed by atoms with Gasteiger partial charge in [-0.3, -0.25) is 0 Å². The topological polar surface area (TPSA) is 96.5 Å². The first kappa shape index (κ1) is 26.3. The van der Waals surface area contributed by atoms with Gasteiger partial charge in [0.1, 0.15) is 29.5 Å². The van der Waals surface area contributed by atoms with Crippen molar-refractivity contribution in [1.82, 2.24) is 4.98 Å². The van der Waals surface area contributed by atoms with Crippen molar-refractivity contribution < 1.29 is 29.2 Å². The summed E-state index contributed by atoms with van der Waals surface area (Å²) >= 11 is 0. The second-order valence-electron chi connectivity index (χ2n) is 17.7. The molecule has 0 bridgehead atoms. The van der Waals surface area contributed by atoms with Crippen LogP contribution < -0.4 is 0 Å². The number of benzene rings is 1. The number of aromatic nitrogens is 1. The van der Waals surface area contributed by atoms with Gasteiger partial charge in [-0.15, -0.1) is 0 Å². The molecule has 0 radical (unpaired) electrons. The number of fused-ring (bicyclic) bond motifs is 7. The smallest absolute Gasteiger partial charge is 0.152 e. The summed E-state index contributed by atoms with van der Waals surface area (Å²) in [6.07, 6.45) is 4.40. The van der Waals surface area contributed by atoms with Crippen LogP contribution in [-0.4, -0.2) is 62.0 Å². The van der Waals surface area contributed by atoms with Crippen LogP contribution in [0.2, 0.25) is 0 Å². The van der Waals surface area contributed by atoms with E-state index in [1.807, 2.05) is 0 Å². The zero-order chi connectivity index (χ0) is 30.4. The van der Waals surface area contributed by atoms with Gasteiger partial charge in [0.15, 0.2) is 5.60 Å². The third kappa shape index (κ3) is 2.27. The van der Waals surface area contributed by atoms with Crippen LogP contribution >= 0.6 is 0 Å². The molecule has 13 atom stereocenters. The number of aromatic amines is 1. The molecule has 11 rings (SSSR count). The van der Waals surface area contributed by atoms with E-state index in [0.29, 0.717) is 6.42 Å². The first-order chi connectivity index (χ1) is 20.7. The number of hydrogen-bond donors (Lipinski definition) is 3. The standard InChI is InChI=1S/C37H45NO6/c1-16-14-17-8-9-20-23-24-26(42-31(2,3)21-15-19(16)36(21,40)25(17)23)18-10-13-35(39)33(6,34(18,7)28(24)38-20)12-11-22-37(35)30(44-37)27-29(41-22)32(4,5)43-27/h8-9,18-19,21-22,26-27,29-30,38-40H,1,10-15H2,2-7H3/t18-,19?,21?,22?,26-,27?,29?,30?,33+,34+,35-,36?,37?/m0/s1. The molecular formula is C37H45NO6. The maximum Gasteiger partial charge on any atom is 0.152 e. The molecule has 1 spiro atoms. The van der Waals surface area contributed by atoms with Crippen molar-refractivity contribution in [3.8, 4) is 0 Å². The lowest BCUT2D eigenvalue weighted by atomic mass is 9.40. The molecule has 7 heteroatoms. The minimum Gasteiger partial charge on any atom is -0.386 e. The molecule has 2 aromatic rings. The van der Waals surface area contributed by atoms with Crippen molar-refractivity contribution in [3.63, 3.8) is 0 Å². The molecule has 5 aliphatic carbocycles. The van der Waals surface area contributed by atoms with Gasteiger partial charge in [-0.25, -0.2) is 0 Å². The van der Waals surface area contributed by atoms with Crippen LogP contribution in [0.15, 0.2) is 24.3 Å². The van der Waals surface area contributed by atoms with Gasteiger partial charge in [-0.2, -0.15) is 0 Å². The molecule has 0 amide bonds. The number of aliphatic hydroxyl groups is 2. The van der Waals surface area contributed by atoms with E-state index in [1.54, 1.807) is 0 Å². The predicted molar refractivity (Wildman–Crippen MR) is 162 cm³/mol. The molecule has 44 heavy (non-hydrogen) atoms. The van der Waals surface area contributed by atoms with Crippen molar-refractivity contribution in [3.05, 3.63) is 46.7 Å². The van der Waals surface area contributed by atoms with Gasteiger partial charge < -0.3 is 34.1 Å². The Labute approximate surface area is 258 Å². The summed E-state index contributed by atoms with van der Waals surface area (Å²) < 4.78 is 27.2. The molecule has 1 aromatic heterocycles. The van der Waals surface area contributed by atoms with Gasteiger partial charge in [0, 0.05) is 50.7 Å². The fourth-order valence-corrected chi connectivity index (χ4v) is 13.5. The molecule has 6 fully saturated rings. The van der Waals surface area contributed by atoms with Gasteiger partial charge in [0.25, 0.3) is 0 Å². The van der Waals surface area contributed by atoms with Crippen LogP contribution in [0.3, 0.4) is 0 Å². The molecule has 8 unspecified atom stereocenters. The maximum absolute atomic E-state index is 13.3. The van der Waals surface area contributed by atoms with Crippen molar-refractivity contribution in [2.45, 2.75) is 144 Å². The Hall–Kier alpha value is -1.74. The van der Waals surface area contributed by atoms with Crippen molar-refractivity contribution >= 4 is 10.9 Å². The average molecular weight is 600 g/mol. The second-order valence-corrected chi connectivity index (χ2v) is 17.7. The third-order valence-corrected chi connectivity index (χ3v) is 15.7. The van der Waals surface area contributed by atoms with E-state index < -0.39 is 33.2 Å². The summed E-state index contributed by atoms with van der Waals surface area (Å²) in [5.41, 5.74) is 2.41. The molecular weight excluding hydrogens is 554 g/mol. The maximum atomic E-state index is 13.3. The van der Waals surface area contributed by atoms with E-state index in [9.17, 15) is 10.2 Å². The number of nitrogens with one attached hydrogen (secondary N) is 1. The first-order valence-electron chi connectivity index (χ1n) is 17.1. The van der Waals surface area contributed by atoms with Gasteiger partial charge in [0.2, 0.25) is 0 Å². The fourth-order valence-electron chi connectivity index (χ4n) is 13.5.